The first kappa shape index (κ1) is 19.5. The van der Waals surface area contributed by atoms with Crippen molar-refractivity contribution in [2.75, 3.05) is 20.3 Å². The van der Waals surface area contributed by atoms with Crippen molar-refractivity contribution < 1.29 is 27.4 Å². The highest BCUT2D eigenvalue weighted by Crippen LogP contribution is 2.25. The molecule has 2 heterocycles. The molecule has 0 bridgehead atoms. The van der Waals surface area contributed by atoms with Crippen LogP contribution in [0.2, 0.25) is 0 Å². The van der Waals surface area contributed by atoms with Crippen LogP contribution in [-0.2, 0) is 4.74 Å². The number of hydrogen-bond acceptors (Lipinski definition) is 4. The van der Waals surface area contributed by atoms with Gasteiger partial charge in [0.1, 0.15) is 11.3 Å². The van der Waals surface area contributed by atoms with Crippen LogP contribution >= 0.6 is 0 Å². The number of benzene rings is 1. The Kier molecular flexibility index (Phi) is 5.69. The quantitative estimate of drug-likeness (QED) is 0.626. The second-order valence-electron chi connectivity index (χ2n) is 5.67. The fraction of sp³-hybridized carbons (Fsp3) is 0.222. The minimum atomic E-state index is -4.77. The Bertz CT molecular complexity index is 919. The fourth-order valence-corrected chi connectivity index (χ4v) is 2.57. The minimum absolute atomic E-state index is 0.308. The third-order valence-corrected chi connectivity index (χ3v) is 3.74. The van der Waals surface area contributed by atoms with Gasteiger partial charge in [0.15, 0.2) is 5.82 Å². The van der Waals surface area contributed by atoms with Crippen LogP contribution in [0.4, 0.5) is 13.2 Å². The first-order valence-corrected chi connectivity index (χ1v) is 8.24. The summed E-state index contributed by atoms with van der Waals surface area (Å²) in [5.41, 5.74) is 0.775. The summed E-state index contributed by atoms with van der Waals surface area (Å²) < 4.78 is 49.0. The highest BCUT2D eigenvalue weighted by molar-refractivity contribution is 5.97. The van der Waals surface area contributed by atoms with Crippen LogP contribution in [0, 0.1) is 0 Å². The molecule has 3 rings (SSSR count). The molecule has 0 unspecified atom stereocenters. The van der Waals surface area contributed by atoms with E-state index in [9.17, 15) is 18.0 Å². The summed E-state index contributed by atoms with van der Waals surface area (Å²) >= 11 is 0. The normalized spacial score (nSPS) is 11.4. The molecule has 148 valence electrons. The van der Waals surface area contributed by atoms with Crippen LogP contribution in [0.1, 0.15) is 10.4 Å². The molecule has 0 radical (unpaired) electrons. The lowest BCUT2D eigenvalue weighted by Gasteiger charge is -2.12. The van der Waals surface area contributed by atoms with E-state index in [2.05, 4.69) is 15.2 Å². The summed E-state index contributed by atoms with van der Waals surface area (Å²) in [4.78, 5) is 12.5. The second kappa shape index (κ2) is 8.17. The number of aromatic nitrogens is 3. The molecule has 28 heavy (non-hydrogen) atoms. The van der Waals surface area contributed by atoms with E-state index in [0.717, 1.165) is 0 Å². The Labute approximate surface area is 158 Å². The van der Waals surface area contributed by atoms with Crippen molar-refractivity contribution in [3.63, 3.8) is 0 Å². The number of hydrogen-bond donors (Lipinski definition) is 1. The van der Waals surface area contributed by atoms with Crippen LogP contribution in [0.15, 0.2) is 55.0 Å². The number of halogens is 3. The number of ether oxygens (including phenoxy) is 2. The van der Waals surface area contributed by atoms with Crippen molar-refractivity contribution in [1.29, 1.82) is 0 Å². The molecule has 0 aliphatic heterocycles. The fourth-order valence-electron chi connectivity index (χ4n) is 2.57. The summed E-state index contributed by atoms with van der Waals surface area (Å²) in [6, 6.07) is 8.78. The lowest BCUT2D eigenvalue weighted by atomic mass is 10.2. The van der Waals surface area contributed by atoms with Gasteiger partial charge in [0.25, 0.3) is 5.91 Å². The first-order valence-electron chi connectivity index (χ1n) is 8.24. The molecule has 3 aromatic rings. The molecule has 10 heteroatoms. The molecule has 2 aromatic heterocycles. The maximum absolute atomic E-state index is 12.5. The Balaban J connectivity index is 1.94. The molecular formula is C18H17F3N4O3. The van der Waals surface area contributed by atoms with Crippen molar-refractivity contribution in [1.82, 2.24) is 19.7 Å². The van der Waals surface area contributed by atoms with E-state index >= 15 is 0 Å². The zero-order valence-electron chi connectivity index (χ0n) is 14.8. The zero-order valence-corrected chi connectivity index (χ0v) is 14.8. The average Bonchev–Trinajstić information content (AvgIpc) is 3.30. The van der Waals surface area contributed by atoms with Gasteiger partial charge in [-0.1, -0.05) is 0 Å². The summed E-state index contributed by atoms with van der Waals surface area (Å²) in [6.45, 7) is 0.689. The maximum atomic E-state index is 12.5. The Morgan fingerprint density at radius 2 is 1.86 bits per heavy atom. The highest BCUT2D eigenvalue weighted by atomic mass is 19.4. The molecule has 0 aliphatic carbocycles. The molecule has 0 fully saturated rings. The molecular weight excluding hydrogens is 377 g/mol. The van der Waals surface area contributed by atoms with E-state index in [4.69, 9.17) is 4.74 Å². The monoisotopic (exact) mass is 394 g/mol. The van der Waals surface area contributed by atoms with Gasteiger partial charge in [-0.3, -0.25) is 4.79 Å². The van der Waals surface area contributed by atoms with E-state index in [1.165, 1.54) is 42.3 Å². The van der Waals surface area contributed by atoms with Crippen LogP contribution in [0.3, 0.4) is 0 Å². The van der Waals surface area contributed by atoms with Crippen LogP contribution in [0.25, 0.3) is 11.5 Å². The lowest BCUT2D eigenvalue weighted by molar-refractivity contribution is -0.274. The number of amides is 1. The van der Waals surface area contributed by atoms with E-state index in [1.807, 2.05) is 0 Å². The molecule has 0 aliphatic rings. The van der Waals surface area contributed by atoms with Crippen molar-refractivity contribution in [2.45, 2.75) is 6.36 Å². The number of carbonyl (C=O) groups excluding carboxylic acids is 1. The van der Waals surface area contributed by atoms with Crippen molar-refractivity contribution >= 4 is 5.91 Å². The van der Waals surface area contributed by atoms with Gasteiger partial charge in [0.2, 0.25) is 0 Å². The van der Waals surface area contributed by atoms with Gasteiger partial charge in [-0.25, -0.2) is 4.68 Å². The van der Waals surface area contributed by atoms with E-state index < -0.39 is 6.36 Å². The highest BCUT2D eigenvalue weighted by Gasteiger charge is 2.31. The summed E-state index contributed by atoms with van der Waals surface area (Å²) in [7, 11) is 1.53. The van der Waals surface area contributed by atoms with Gasteiger partial charge < -0.3 is 19.4 Å². The minimum Gasteiger partial charge on any atom is -0.406 e. The van der Waals surface area contributed by atoms with Crippen molar-refractivity contribution in [2.24, 2.45) is 0 Å². The lowest BCUT2D eigenvalue weighted by Crippen LogP contribution is -2.27. The number of rotatable bonds is 7. The first-order chi connectivity index (χ1) is 13.4. The molecule has 1 amide bonds. The van der Waals surface area contributed by atoms with Gasteiger partial charge in [-0.15, -0.1) is 13.2 Å². The smallest absolute Gasteiger partial charge is 0.406 e. The van der Waals surface area contributed by atoms with Crippen LogP contribution < -0.4 is 10.1 Å². The predicted octanol–water partition coefficient (Wildman–Crippen LogP) is 2.94. The molecule has 7 nitrogen and oxygen atoms in total. The number of carbonyl (C=O) groups is 1. The third kappa shape index (κ3) is 4.52. The number of methoxy groups -OCH3 is 1. The van der Waals surface area contributed by atoms with E-state index in [1.54, 1.807) is 29.1 Å². The Hall–Kier alpha value is -3.27. The molecule has 0 saturated carbocycles. The third-order valence-electron chi connectivity index (χ3n) is 3.74. The van der Waals surface area contributed by atoms with E-state index in [-0.39, 0.29) is 11.7 Å². The maximum Gasteiger partial charge on any atom is 0.573 e. The van der Waals surface area contributed by atoms with Crippen LogP contribution in [0.5, 0.6) is 5.75 Å². The summed E-state index contributed by atoms with van der Waals surface area (Å²) in [5, 5.41) is 6.96. The van der Waals surface area contributed by atoms with Crippen molar-refractivity contribution in [3.8, 4) is 17.3 Å². The van der Waals surface area contributed by atoms with Crippen molar-refractivity contribution in [3.05, 3.63) is 60.6 Å². The topological polar surface area (TPSA) is 70.3 Å². The van der Waals surface area contributed by atoms with Crippen LogP contribution in [-0.4, -0.2) is 46.9 Å². The molecule has 0 spiro atoms. The van der Waals surface area contributed by atoms with Gasteiger partial charge in [0.05, 0.1) is 18.5 Å². The van der Waals surface area contributed by atoms with Gasteiger partial charge in [-0.2, -0.15) is 5.10 Å². The zero-order chi connectivity index (χ0) is 20.1. The number of nitrogens with one attached hydrogen (secondary N) is 1. The summed E-state index contributed by atoms with van der Waals surface area (Å²) in [5.74, 6) is -0.239. The summed E-state index contributed by atoms with van der Waals surface area (Å²) in [6.07, 6.45) is 0.107. The largest absolute Gasteiger partial charge is 0.573 e. The number of alkyl halides is 3. The van der Waals surface area contributed by atoms with Gasteiger partial charge in [0, 0.05) is 26.0 Å². The molecule has 0 atom stereocenters. The number of nitrogens with zero attached hydrogens (tertiary/aromatic N) is 3. The average molecular weight is 394 g/mol. The SMILES string of the molecule is COCCNC(=O)c1cnn(-c2ccc(OC(F)(F)F)cc2)c1-n1cccc1. The van der Waals surface area contributed by atoms with Gasteiger partial charge in [-0.05, 0) is 36.4 Å². The Morgan fingerprint density at radius 1 is 1.18 bits per heavy atom. The second-order valence-corrected chi connectivity index (χ2v) is 5.67. The molecule has 0 saturated heterocycles. The molecule has 1 aromatic carbocycles. The predicted molar refractivity (Wildman–Crippen MR) is 93.8 cm³/mol. The standard InChI is InChI=1S/C18H17F3N4O3/c1-27-11-8-22-16(26)15-12-23-25(17(15)24-9-2-3-10-24)13-4-6-14(7-5-13)28-18(19,20)21/h2-7,9-10,12H,8,11H2,1H3,(H,22,26). The van der Waals surface area contributed by atoms with Gasteiger partial charge >= 0.3 is 6.36 Å². The van der Waals surface area contributed by atoms with E-state index in [0.29, 0.717) is 30.2 Å². The molecule has 1 N–H and O–H groups in total. The Morgan fingerprint density at radius 3 is 2.46 bits per heavy atom.